The van der Waals surface area contributed by atoms with Gasteiger partial charge in [-0.1, -0.05) is 271 Å². The number of rotatable bonds is 54. The minimum atomic E-state index is -4.38. The van der Waals surface area contributed by atoms with Crippen LogP contribution in [0.15, 0.2) is 0 Å². The third-order valence-corrected chi connectivity index (χ3v) is 14.1. The smallest absolute Gasteiger partial charge is 0.462 e. The van der Waals surface area contributed by atoms with E-state index in [1.165, 1.54) is 231 Å². The van der Waals surface area contributed by atoms with Gasteiger partial charge in [0.2, 0.25) is 0 Å². The van der Waals surface area contributed by atoms with Gasteiger partial charge in [0, 0.05) is 12.8 Å². The summed E-state index contributed by atoms with van der Waals surface area (Å²) in [6.45, 7) is 4.51. The molecule has 0 aliphatic carbocycles. The lowest BCUT2D eigenvalue weighted by Crippen LogP contribution is -2.37. The highest BCUT2D eigenvalue weighted by Crippen LogP contribution is 2.43. The third-order valence-electron chi connectivity index (χ3n) is 13.1. The molecule has 2 atom stereocenters. The van der Waals surface area contributed by atoms with Crippen molar-refractivity contribution >= 4 is 19.8 Å². The molecule has 66 heavy (non-hydrogen) atoms. The maximum Gasteiger partial charge on any atom is 0.472 e. The number of quaternary nitrogens is 1. The number of unbranched alkanes of at least 4 members (excludes halogenated alkanes) is 40. The van der Waals surface area contributed by atoms with Crippen molar-refractivity contribution < 1.29 is 42.1 Å². The zero-order chi connectivity index (χ0) is 48.5. The minimum absolute atomic E-state index is 0.0374. The fourth-order valence-corrected chi connectivity index (χ4v) is 9.41. The van der Waals surface area contributed by atoms with Gasteiger partial charge in [0.05, 0.1) is 27.7 Å². The molecular weight excluding hydrogens is 846 g/mol. The van der Waals surface area contributed by atoms with E-state index in [0.29, 0.717) is 17.4 Å². The van der Waals surface area contributed by atoms with E-state index in [1.807, 2.05) is 21.1 Å². The van der Waals surface area contributed by atoms with Crippen molar-refractivity contribution in [2.24, 2.45) is 0 Å². The maximum absolute atomic E-state index is 12.8. The Morgan fingerprint density at radius 1 is 0.409 bits per heavy atom. The topological polar surface area (TPSA) is 108 Å². The summed E-state index contributed by atoms with van der Waals surface area (Å²) in [5.41, 5.74) is 0. The van der Waals surface area contributed by atoms with E-state index in [4.69, 9.17) is 18.5 Å². The highest BCUT2D eigenvalue weighted by atomic mass is 31.2. The summed E-state index contributed by atoms with van der Waals surface area (Å²) in [6, 6.07) is 0. The van der Waals surface area contributed by atoms with Gasteiger partial charge < -0.3 is 18.9 Å². The first-order valence-electron chi connectivity index (χ1n) is 28.8. The van der Waals surface area contributed by atoms with E-state index in [1.54, 1.807) is 0 Å². The molecule has 0 radical (unpaired) electrons. The Morgan fingerprint density at radius 2 is 0.682 bits per heavy atom. The molecule has 0 aromatic rings. The van der Waals surface area contributed by atoms with Crippen LogP contribution in [0.5, 0.6) is 0 Å². The summed E-state index contributed by atoms with van der Waals surface area (Å²) in [5.74, 6) is -0.774. The Bertz CT molecular complexity index is 1080. The largest absolute Gasteiger partial charge is 0.472 e. The summed E-state index contributed by atoms with van der Waals surface area (Å²) in [6.07, 6.45) is 54.5. The lowest BCUT2D eigenvalue weighted by Gasteiger charge is -2.24. The second-order valence-electron chi connectivity index (χ2n) is 21.0. The highest BCUT2D eigenvalue weighted by Gasteiger charge is 2.27. The van der Waals surface area contributed by atoms with Crippen molar-refractivity contribution in [1.82, 2.24) is 0 Å². The van der Waals surface area contributed by atoms with Gasteiger partial charge in [0.1, 0.15) is 19.8 Å². The van der Waals surface area contributed by atoms with Gasteiger partial charge >= 0.3 is 19.8 Å². The zero-order valence-electron chi connectivity index (χ0n) is 44.7. The number of carbonyl (C=O) groups excluding carboxylic acids is 2. The highest BCUT2D eigenvalue weighted by molar-refractivity contribution is 7.47. The number of ether oxygens (including phenoxy) is 2. The molecule has 0 rings (SSSR count). The molecule has 9 nitrogen and oxygen atoms in total. The van der Waals surface area contributed by atoms with Crippen LogP contribution in [-0.4, -0.2) is 74.9 Å². The van der Waals surface area contributed by atoms with Crippen LogP contribution >= 0.6 is 7.82 Å². The fourth-order valence-electron chi connectivity index (χ4n) is 8.67. The summed E-state index contributed by atoms with van der Waals surface area (Å²) >= 11 is 0. The number of carbonyl (C=O) groups is 2. The van der Waals surface area contributed by atoms with E-state index >= 15 is 0 Å². The van der Waals surface area contributed by atoms with Crippen molar-refractivity contribution in [3.8, 4) is 0 Å². The molecule has 0 spiro atoms. The van der Waals surface area contributed by atoms with E-state index < -0.39 is 26.5 Å². The molecular formula is C56H113NO8P+. The SMILES string of the molecule is CCCCCCCCCCCCCCCCCCCCCCCCCCC(=O)OC(COC(=O)CCCCCCCCCCCCCCCCCCCC)COP(=O)(O)OCC[N+](C)(C)C. The summed E-state index contributed by atoms with van der Waals surface area (Å²) in [5, 5.41) is 0. The van der Waals surface area contributed by atoms with Crippen LogP contribution in [0.3, 0.4) is 0 Å². The molecule has 0 aromatic carbocycles. The Hall–Kier alpha value is -0.990. The van der Waals surface area contributed by atoms with E-state index in [9.17, 15) is 19.0 Å². The maximum atomic E-state index is 12.8. The van der Waals surface area contributed by atoms with Crippen LogP contribution < -0.4 is 0 Å². The van der Waals surface area contributed by atoms with Gasteiger partial charge in [0.25, 0.3) is 0 Å². The second kappa shape index (κ2) is 49.0. The Labute approximate surface area is 410 Å². The standard InChI is InChI=1S/C56H112NO8P/c1-6-8-10-12-14-16-18-20-22-24-26-27-28-29-30-31-33-35-37-39-41-43-45-47-49-56(59)65-54(53-64-66(60,61)63-51-50-57(3,4)5)52-62-55(58)48-46-44-42-40-38-36-34-32-25-23-21-19-17-15-13-11-9-7-2/h54H,6-53H2,1-5H3/p+1. The summed E-state index contributed by atoms with van der Waals surface area (Å²) in [4.78, 5) is 35.6. The normalized spacial score (nSPS) is 13.2. The molecule has 0 aliphatic rings. The Kier molecular flexibility index (Phi) is 48.3. The summed E-state index contributed by atoms with van der Waals surface area (Å²) < 4.78 is 34.6. The fraction of sp³-hybridized carbons (Fsp3) is 0.964. The first-order valence-corrected chi connectivity index (χ1v) is 30.3. The number of likely N-dealkylation sites (N-methyl/N-ethyl adjacent to an activating group) is 1. The van der Waals surface area contributed by atoms with E-state index in [-0.39, 0.29) is 25.6 Å². The van der Waals surface area contributed by atoms with Gasteiger partial charge in [-0.15, -0.1) is 0 Å². The van der Waals surface area contributed by atoms with Crippen molar-refractivity contribution in [2.45, 2.75) is 302 Å². The van der Waals surface area contributed by atoms with E-state index in [2.05, 4.69) is 13.8 Å². The van der Waals surface area contributed by atoms with Gasteiger partial charge in [-0.3, -0.25) is 18.6 Å². The number of hydrogen-bond acceptors (Lipinski definition) is 7. The Morgan fingerprint density at radius 3 is 0.970 bits per heavy atom. The van der Waals surface area contributed by atoms with Crippen LogP contribution in [0.4, 0.5) is 0 Å². The number of phosphoric ester groups is 1. The number of phosphoric acid groups is 1. The molecule has 0 saturated heterocycles. The quantitative estimate of drug-likeness (QED) is 0.0278. The van der Waals surface area contributed by atoms with Gasteiger partial charge in [-0.05, 0) is 12.8 Å². The first kappa shape index (κ1) is 65.0. The molecule has 0 saturated carbocycles. The number of esters is 2. The van der Waals surface area contributed by atoms with E-state index in [0.717, 1.165) is 38.5 Å². The Balaban J connectivity index is 4.10. The van der Waals surface area contributed by atoms with Gasteiger partial charge in [-0.2, -0.15) is 0 Å². The molecule has 0 fully saturated rings. The molecule has 0 aliphatic heterocycles. The minimum Gasteiger partial charge on any atom is -0.462 e. The van der Waals surface area contributed by atoms with Gasteiger partial charge in [0.15, 0.2) is 6.10 Å². The van der Waals surface area contributed by atoms with Crippen molar-refractivity contribution in [1.29, 1.82) is 0 Å². The molecule has 0 heterocycles. The molecule has 0 aromatic heterocycles. The lowest BCUT2D eigenvalue weighted by atomic mass is 10.0. The monoisotopic (exact) mass is 959 g/mol. The predicted molar refractivity (Wildman–Crippen MR) is 280 cm³/mol. The van der Waals surface area contributed by atoms with Crippen LogP contribution in [0.25, 0.3) is 0 Å². The van der Waals surface area contributed by atoms with Gasteiger partial charge in [-0.25, -0.2) is 4.57 Å². The average Bonchev–Trinajstić information content (AvgIpc) is 3.27. The molecule has 2 unspecified atom stereocenters. The third kappa shape index (κ3) is 52.4. The predicted octanol–water partition coefficient (Wildman–Crippen LogP) is 17.5. The van der Waals surface area contributed by atoms with Crippen molar-refractivity contribution in [3.05, 3.63) is 0 Å². The molecule has 394 valence electrons. The number of hydrogen-bond donors (Lipinski definition) is 1. The average molecular weight is 959 g/mol. The molecule has 0 amide bonds. The van der Waals surface area contributed by atoms with Crippen LogP contribution in [0.1, 0.15) is 296 Å². The molecule has 10 heteroatoms. The second-order valence-corrected chi connectivity index (χ2v) is 22.5. The number of nitrogens with zero attached hydrogens (tertiary/aromatic N) is 1. The summed E-state index contributed by atoms with van der Waals surface area (Å²) in [7, 11) is 1.50. The first-order chi connectivity index (χ1) is 32.0. The molecule has 1 N–H and O–H groups in total. The van der Waals surface area contributed by atoms with Crippen molar-refractivity contribution in [2.75, 3.05) is 47.5 Å². The lowest BCUT2D eigenvalue weighted by molar-refractivity contribution is -0.870. The molecule has 0 bridgehead atoms. The van der Waals surface area contributed by atoms with Crippen LogP contribution in [0.2, 0.25) is 0 Å². The van der Waals surface area contributed by atoms with Crippen molar-refractivity contribution in [3.63, 3.8) is 0 Å². The zero-order valence-corrected chi connectivity index (χ0v) is 45.6. The van der Waals surface area contributed by atoms with Crippen LogP contribution in [0, 0.1) is 0 Å². The van der Waals surface area contributed by atoms with Crippen LogP contribution in [-0.2, 0) is 32.7 Å².